The SMILES string of the molecule is COc1cccc(C(=O)N[C@H]2COC[C@@H]2N2CCN(C)CC2)c1C. The van der Waals surface area contributed by atoms with Gasteiger partial charge in [-0.25, -0.2) is 0 Å². The predicted molar refractivity (Wildman–Crippen MR) is 92.7 cm³/mol. The number of carbonyl (C=O) groups is 1. The maximum Gasteiger partial charge on any atom is 0.252 e. The van der Waals surface area contributed by atoms with E-state index in [1.165, 1.54) is 0 Å². The molecule has 3 rings (SSSR count). The molecule has 2 atom stereocenters. The summed E-state index contributed by atoms with van der Waals surface area (Å²) in [6.45, 7) is 7.34. The van der Waals surface area contributed by atoms with Gasteiger partial charge in [-0.2, -0.15) is 0 Å². The fourth-order valence-corrected chi connectivity index (χ4v) is 3.52. The molecule has 2 aliphatic rings. The highest BCUT2D eigenvalue weighted by atomic mass is 16.5. The third-order valence-electron chi connectivity index (χ3n) is 5.12. The summed E-state index contributed by atoms with van der Waals surface area (Å²) in [6, 6.07) is 5.86. The van der Waals surface area contributed by atoms with Gasteiger partial charge < -0.3 is 19.7 Å². The van der Waals surface area contributed by atoms with Crippen LogP contribution in [0, 0.1) is 6.92 Å². The van der Waals surface area contributed by atoms with Crippen molar-refractivity contribution in [2.75, 3.05) is 53.6 Å². The molecule has 0 bridgehead atoms. The van der Waals surface area contributed by atoms with Crippen LogP contribution in [0.2, 0.25) is 0 Å². The fourth-order valence-electron chi connectivity index (χ4n) is 3.52. The van der Waals surface area contributed by atoms with Crippen LogP contribution >= 0.6 is 0 Å². The summed E-state index contributed by atoms with van der Waals surface area (Å²) < 4.78 is 11.0. The summed E-state index contributed by atoms with van der Waals surface area (Å²) in [5, 5.41) is 3.17. The molecule has 1 aromatic rings. The standard InChI is InChI=1S/C18H27N3O3/c1-13-14(5-4-6-17(13)23-3)18(22)19-15-11-24-12-16(15)21-9-7-20(2)8-10-21/h4-6,15-16H,7-12H2,1-3H3,(H,19,22)/t15-,16-/m0/s1. The van der Waals surface area contributed by atoms with E-state index in [1.54, 1.807) is 7.11 Å². The maximum atomic E-state index is 12.7. The highest BCUT2D eigenvalue weighted by Gasteiger charge is 2.35. The Kier molecular flexibility index (Phi) is 5.38. The van der Waals surface area contributed by atoms with Crippen LogP contribution in [-0.2, 0) is 4.74 Å². The first-order valence-electron chi connectivity index (χ1n) is 8.55. The van der Waals surface area contributed by atoms with E-state index >= 15 is 0 Å². The first-order chi connectivity index (χ1) is 11.6. The Morgan fingerprint density at radius 1 is 1.25 bits per heavy atom. The normalized spacial score (nSPS) is 25.6. The van der Waals surface area contributed by atoms with Gasteiger partial charge in [0, 0.05) is 37.3 Å². The summed E-state index contributed by atoms with van der Waals surface area (Å²) in [6.07, 6.45) is 0. The third-order valence-corrected chi connectivity index (χ3v) is 5.12. The number of carbonyl (C=O) groups excluding carboxylic acids is 1. The smallest absolute Gasteiger partial charge is 0.252 e. The minimum absolute atomic E-state index is 0.0338. The van der Waals surface area contributed by atoms with Gasteiger partial charge >= 0.3 is 0 Å². The molecular formula is C18H27N3O3. The van der Waals surface area contributed by atoms with Crippen LogP contribution in [0.1, 0.15) is 15.9 Å². The molecule has 6 nitrogen and oxygen atoms in total. The first-order valence-corrected chi connectivity index (χ1v) is 8.55. The Morgan fingerprint density at radius 2 is 2.00 bits per heavy atom. The number of hydrogen-bond donors (Lipinski definition) is 1. The van der Waals surface area contributed by atoms with Crippen LogP contribution in [0.15, 0.2) is 18.2 Å². The number of rotatable bonds is 4. The van der Waals surface area contributed by atoms with Gasteiger partial charge in [0.2, 0.25) is 0 Å². The van der Waals surface area contributed by atoms with Gasteiger partial charge in [-0.1, -0.05) is 6.07 Å². The van der Waals surface area contributed by atoms with Gasteiger partial charge in [0.15, 0.2) is 0 Å². The Bertz CT molecular complexity index is 585. The molecule has 2 fully saturated rings. The molecule has 6 heteroatoms. The molecular weight excluding hydrogens is 306 g/mol. The van der Waals surface area contributed by atoms with Crippen molar-refractivity contribution in [3.05, 3.63) is 29.3 Å². The van der Waals surface area contributed by atoms with Crippen molar-refractivity contribution >= 4 is 5.91 Å². The zero-order valence-electron chi connectivity index (χ0n) is 14.7. The van der Waals surface area contributed by atoms with E-state index in [0.29, 0.717) is 18.8 Å². The van der Waals surface area contributed by atoms with E-state index in [2.05, 4.69) is 22.2 Å². The summed E-state index contributed by atoms with van der Waals surface area (Å²) in [4.78, 5) is 17.5. The molecule has 24 heavy (non-hydrogen) atoms. The van der Waals surface area contributed by atoms with Crippen molar-refractivity contribution in [3.63, 3.8) is 0 Å². The molecule has 2 aliphatic heterocycles. The molecule has 0 spiro atoms. The van der Waals surface area contributed by atoms with Crippen LogP contribution in [0.25, 0.3) is 0 Å². The number of benzene rings is 1. The van der Waals surface area contributed by atoms with E-state index in [-0.39, 0.29) is 18.0 Å². The first kappa shape index (κ1) is 17.2. The van der Waals surface area contributed by atoms with Crippen LogP contribution in [0.5, 0.6) is 5.75 Å². The number of methoxy groups -OCH3 is 1. The average molecular weight is 333 g/mol. The second-order valence-electron chi connectivity index (χ2n) is 6.66. The van der Waals surface area contributed by atoms with E-state index in [0.717, 1.165) is 37.5 Å². The Hall–Kier alpha value is -1.63. The van der Waals surface area contributed by atoms with E-state index in [4.69, 9.17) is 9.47 Å². The molecule has 1 amide bonds. The molecule has 0 aliphatic carbocycles. The number of hydrogen-bond acceptors (Lipinski definition) is 5. The highest BCUT2D eigenvalue weighted by molar-refractivity contribution is 5.96. The maximum absolute atomic E-state index is 12.7. The zero-order valence-corrected chi connectivity index (χ0v) is 14.7. The number of amides is 1. The van der Waals surface area contributed by atoms with Gasteiger partial charge in [0.25, 0.3) is 5.91 Å². The van der Waals surface area contributed by atoms with Crippen LogP contribution in [-0.4, -0.2) is 81.3 Å². The number of nitrogens with one attached hydrogen (secondary N) is 1. The van der Waals surface area contributed by atoms with E-state index in [1.807, 2.05) is 25.1 Å². The summed E-state index contributed by atoms with van der Waals surface area (Å²) in [7, 11) is 3.77. The second kappa shape index (κ2) is 7.51. The molecule has 132 valence electrons. The minimum atomic E-state index is -0.0546. The van der Waals surface area contributed by atoms with Crippen molar-refractivity contribution in [2.24, 2.45) is 0 Å². The Morgan fingerprint density at radius 3 is 2.71 bits per heavy atom. The Labute approximate surface area is 143 Å². The number of likely N-dealkylation sites (N-methyl/N-ethyl adjacent to an activating group) is 1. The predicted octanol–water partition coefficient (Wildman–Crippen LogP) is 0.748. The van der Waals surface area contributed by atoms with Gasteiger partial charge in [-0.05, 0) is 26.1 Å². The van der Waals surface area contributed by atoms with Gasteiger partial charge in [0.1, 0.15) is 5.75 Å². The summed E-state index contributed by atoms with van der Waals surface area (Å²) in [5.74, 6) is 0.682. The van der Waals surface area contributed by atoms with Crippen LogP contribution in [0.4, 0.5) is 0 Å². The third kappa shape index (κ3) is 3.55. The van der Waals surface area contributed by atoms with Gasteiger partial charge in [-0.15, -0.1) is 0 Å². The number of nitrogens with zero attached hydrogens (tertiary/aromatic N) is 2. The Balaban J connectivity index is 1.67. The fraction of sp³-hybridized carbons (Fsp3) is 0.611. The number of ether oxygens (including phenoxy) is 2. The van der Waals surface area contributed by atoms with Crippen molar-refractivity contribution < 1.29 is 14.3 Å². The molecule has 0 unspecified atom stereocenters. The lowest BCUT2D eigenvalue weighted by Gasteiger charge is -2.38. The topological polar surface area (TPSA) is 54.0 Å². The molecule has 0 radical (unpaired) electrons. The molecule has 2 saturated heterocycles. The van der Waals surface area contributed by atoms with Crippen molar-refractivity contribution in [3.8, 4) is 5.75 Å². The van der Waals surface area contributed by atoms with Gasteiger partial charge in [-0.3, -0.25) is 9.69 Å². The lowest BCUT2D eigenvalue weighted by Crippen LogP contribution is -2.56. The molecule has 2 heterocycles. The van der Waals surface area contributed by atoms with Crippen molar-refractivity contribution in [2.45, 2.75) is 19.0 Å². The molecule has 1 N–H and O–H groups in total. The average Bonchev–Trinajstić information content (AvgIpc) is 3.03. The summed E-state index contributed by atoms with van der Waals surface area (Å²) in [5.41, 5.74) is 1.53. The van der Waals surface area contributed by atoms with E-state index < -0.39 is 0 Å². The minimum Gasteiger partial charge on any atom is -0.496 e. The van der Waals surface area contributed by atoms with E-state index in [9.17, 15) is 4.79 Å². The largest absolute Gasteiger partial charge is 0.496 e. The second-order valence-corrected chi connectivity index (χ2v) is 6.66. The quantitative estimate of drug-likeness (QED) is 0.881. The molecule has 1 aromatic carbocycles. The molecule has 0 saturated carbocycles. The lowest BCUT2D eigenvalue weighted by atomic mass is 10.0. The lowest BCUT2D eigenvalue weighted by molar-refractivity contribution is 0.0828. The van der Waals surface area contributed by atoms with Crippen LogP contribution < -0.4 is 10.1 Å². The summed E-state index contributed by atoms with van der Waals surface area (Å²) >= 11 is 0. The van der Waals surface area contributed by atoms with Crippen LogP contribution in [0.3, 0.4) is 0 Å². The number of piperazine rings is 1. The van der Waals surface area contributed by atoms with Crippen molar-refractivity contribution in [1.82, 2.24) is 15.1 Å². The van der Waals surface area contributed by atoms with Crippen molar-refractivity contribution in [1.29, 1.82) is 0 Å². The highest BCUT2D eigenvalue weighted by Crippen LogP contribution is 2.22. The molecule has 0 aromatic heterocycles. The monoisotopic (exact) mass is 333 g/mol. The van der Waals surface area contributed by atoms with Gasteiger partial charge in [0.05, 0.1) is 32.4 Å². The zero-order chi connectivity index (χ0) is 17.1.